The minimum Gasteiger partial charge on any atom is -0.496 e. The molecule has 0 saturated heterocycles. The van der Waals surface area contributed by atoms with E-state index in [-0.39, 0.29) is 23.3 Å². The molecule has 0 saturated carbocycles. The molecule has 2 aromatic carbocycles. The number of nitrogens with zero attached hydrogens (tertiary/aromatic N) is 4. The van der Waals surface area contributed by atoms with Gasteiger partial charge < -0.3 is 15.8 Å². The van der Waals surface area contributed by atoms with Crippen molar-refractivity contribution in [3.8, 4) is 5.75 Å². The zero-order chi connectivity index (χ0) is 22.0. The Morgan fingerprint density at radius 2 is 1.87 bits per heavy atom. The number of hydrogen-bond acceptors (Lipinski definition) is 6. The third-order valence-corrected chi connectivity index (χ3v) is 5.14. The normalized spacial score (nSPS) is 12.5. The van der Waals surface area contributed by atoms with Crippen LogP contribution in [-0.2, 0) is 0 Å². The van der Waals surface area contributed by atoms with Crippen LogP contribution in [0.15, 0.2) is 53.6 Å². The summed E-state index contributed by atoms with van der Waals surface area (Å²) in [5.74, 6) is 0.553. The highest BCUT2D eigenvalue weighted by atomic mass is 16.5. The molecule has 4 rings (SSSR count). The minimum atomic E-state index is -0.298. The molecule has 2 heterocycles. The Labute approximate surface area is 179 Å². The largest absolute Gasteiger partial charge is 0.496 e. The smallest absolute Gasteiger partial charge is 0.257 e. The van der Waals surface area contributed by atoms with Gasteiger partial charge in [0.25, 0.3) is 5.91 Å². The molecule has 0 bridgehead atoms. The average Bonchev–Trinajstić information content (AvgIpc) is 3.06. The fourth-order valence-corrected chi connectivity index (χ4v) is 3.28. The number of aromatic nitrogens is 3. The quantitative estimate of drug-likeness (QED) is 0.467. The predicted octanol–water partition coefficient (Wildman–Crippen LogP) is 3.59. The Morgan fingerprint density at radius 1 is 1.19 bits per heavy atom. The molecule has 0 aliphatic rings. The molecule has 8 heteroatoms. The Balaban J connectivity index is 1.91. The fourth-order valence-electron chi connectivity index (χ4n) is 3.28. The Morgan fingerprint density at radius 3 is 2.58 bits per heavy atom. The van der Waals surface area contributed by atoms with E-state index in [0.29, 0.717) is 27.9 Å². The Hall–Kier alpha value is -3.94. The molecule has 0 radical (unpaired) electrons. The van der Waals surface area contributed by atoms with E-state index in [4.69, 9.17) is 15.5 Å². The molecule has 31 heavy (non-hydrogen) atoms. The van der Waals surface area contributed by atoms with Crippen LogP contribution in [0.25, 0.3) is 22.2 Å². The van der Waals surface area contributed by atoms with Crippen LogP contribution in [0, 0.1) is 0 Å². The molecular formula is C23H24N6O2. The highest BCUT2D eigenvalue weighted by Crippen LogP contribution is 2.28. The first kappa shape index (κ1) is 20.3. The number of nitrogens with two attached hydrogens (primary N) is 1. The van der Waals surface area contributed by atoms with Gasteiger partial charge in [0.2, 0.25) is 0 Å². The van der Waals surface area contributed by atoms with Crippen molar-refractivity contribution in [2.24, 2.45) is 5.10 Å². The van der Waals surface area contributed by atoms with E-state index in [2.05, 4.69) is 15.4 Å². The zero-order valence-corrected chi connectivity index (χ0v) is 17.7. The molecule has 2 aromatic heterocycles. The van der Waals surface area contributed by atoms with Gasteiger partial charge in [-0.3, -0.25) is 4.79 Å². The van der Waals surface area contributed by atoms with E-state index in [1.165, 1.54) is 4.68 Å². The number of methoxy groups -OCH3 is 1. The number of fused-ring (bicyclic) bond motifs is 2. The maximum absolute atomic E-state index is 13.0. The van der Waals surface area contributed by atoms with Crippen molar-refractivity contribution in [3.05, 3.63) is 59.7 Å². The summed E-state index contributed by atoms with van der Waals surface area (Å²) in [6.45, 7) is 3.94. The fraction of sp³-hybridized carbons (Fsp3) is 0.217. The molecule has 3 N–H and O–H groups in total. The van der Waals surface area contributed by atoms with E-state index < -0.39 is 0 Å². The topological polar surface area (TPSA) is 107 Å². The Kier molecular flexibility index (Phi) is 5.53. The minimum absolute atomic E-state index is 0.00389. The molecule has 0 aliphatic carbocycles. The number of ether oxygens (including phenoxy) is 1. The van der Waals surface area contributed by atoms with Gasteiger partial charge in [-0.2, -0.15) is 9.78 Å². The maximum Gasteiger partial charge on any atom is 0.257 e. The summed E-state index contributed by atoms with van der Waals surface area (Å²) < 4.78 is 6.84. The van der Waals surface area contributed by atoms with Gasteiger partial charge in [-0.1, -0.05) is 31.2 Å². The number of nitrogen functional groups attached to an aromatic ring is 1. The van der Waals surface area contributed by atoms with Crippen molar-refractivity contribution < 1.29 is 9.53 Å². The van der Waals surface area contributed by atoms with Gasteiger partial charge in [-0.25, -0.2) is 9.97 Å². The number of carbonyl (C=O) groups excluding carboxylic acids is 1. The first-order chi connectivity index (χ1) is 15.0. The van der Waals surface area contributed by atoms with Crippen molar-refractivity contribution in [1.82, 2.24) is 20.0 Å². The van der Waals surface area contributed by atoms with Crippen molar-refractivity contribution in [2.75, 3.05) is 12.8 Å². The monoisotopic (exact) mass is 416 g/mol. The van der Waals surface area contributed by atoms with Crippen molar-refractivity contribution >= 4 is 40.1 Å². The third kappa shape index (κ3) is 3.79. The van der Waals surface area contributed by atoms with Crippen LogP contribution < -0.4 is 15.8 Å². The van der Waals surface area contributed by atoms with Crippen LogP contribution in [-0.4, -0.2) is 39.9 Å². The van der Waals surface area contributed by atoms with Gasteiger partial charge in [0, 0.05) is 11.6 Å². The van der Waals surface area contributed by atoms with Crippen LogP contribution in [0.4, 0.5) is 5.82 Å². The summed E-state index contributed by atoms with van der Waals surface area (Å²) in [5.41, 5.74) is 9.64. The number of para-hydroxylation sites is 3. The third-order valence-electron chi connectivity index (χ3n) is 5.14. The maximum atomic E-state index is 13.0. The number of rotatable bonds is 6. The van der Waals surface area contributed by atoms with E-state index in [1.54, 1.807) is 13.3 Å². The number of anilines is 1. The summed E-state index contributed by atoms with van der Waals surface area (Å²) in [4.78, 5) is 22.4. The van der Waals surface area contributed by atoms with Gasteiger partial charge in [-0.05, 0) is 37.6 Å². The first-order valence-corrected chi connectivity index (χ1v) is 10.1. The molecule has 0 spiro atoms. The molecule has 1 atom stereocenters. The van der Waals surface area contributed by atoms with Crippen LogP contribution in [0.1, 0.15) is 36.2 Å². The highest BCUT2D eigenvalue weighted by Gasteiger charge is 2.24. The Bertz CT molecular complexity index is 1290. The molecule has 1 amide bonds. The van der Waals surface area contributed by atoms with E-state index >= 15 is 0 Å². The molecule has 0 fully saturated rings. The van der Waals surface area contributed by atoms with Crippen LogP contribution >= 0.6 is 0 Å². The summed E-state index contributed by atoms with van der Waals surface area (Å²) in [6.07, 6.45) is 2.42. The van der Waals surface area contributed by atoms with Crippen molar-refractivity contribution in [3.63, 3.8) is 0 Å². The van der Waals surface area contributed by atoms with E-state index in [1.807, 2.05) is 62.4 Å². The second-order valence-corrected chi connectivity index (χ2v) is 7.23. The summed E-state index contributed by atoms with van der Waals surface area (Å²) in [6, 6.07) is 15.0. The standard InChI is InChI=1S/C23H24N6O2/c1-4-14(2)26-23(30)19-20-22(28-17-11-7-6-10-16(17)27-20)29(21(19)24)25-13-15-9-5-8-12-18(15)31-3/h5-14H,4,24H2,1-3H3,(H,26,30)/b25-13-/t14-/m1/s1. The van der Waals surface area contributed by atoms with Crippen molar-refractivity contribution in [1.29, 1.82) is 0 Å². The van der Waals surface area contributed by atoms with Gasteiger partial charge >= 0.3 is 0 Å². The lowest BCUT2D eigenvalue weighted by atomic mass is 10.2. The molecule has 8 nitrogen and oxygen atoms in total. The van der Waals surface area contributed by atoms with E-state index in [9.17, 15) is 4.79 Å². The molecule has 158 valence electrons. The number of benzene rings is 2. The molecule has 0 unspecified atom stereocenters. The summed E-state index contributed by atoms with van der Waals surface area (Å²) in [7, 11) is 1.60. The number of nitrogens with one attached hydrogen (secondary N) is 1. The second kappa shape index (κ2) is 8.43. The van der Waals surface area contributed by atoms with Crippen molar-refractivity contribution in [2.45, 2.75) is 26.3 Å². The summed E-state index contributed by atoms with van der Waals surface area (Å²) in [5, 5.41) is 7.49. The lowest BCUT2D eigenvalue weighted by Crippen LogP contribution is -2.32. The lowest BCUT2D eigenvalue weighted by Gasteiger charge is -2.11. The molecule has 0 aliphatic heterocycles. The molecular weight excluding hydrogens is 392 g/mol. The van der Waals surface area contributed by atoms with Gasteiger partial charge in [0.1, 0.15) is 22.6 Å². The number of amides is 1. The summed E-state index contributed by atoms with van der Waals surface area (Å²) >= 11 is 0. The second-order valence-electron chi connectivity index (χ2n) is 7.23. The lowest BCUT2D eigenvalue weighted by molar-refractivity contribution is 0.0941. The number of carbonyl (C=O) groups is 1. The highest BCUT2D eigenvalue weighted by molar-refractivity contribution is 6.10. The SMILES string of the molecule is CC[C@@H](C)NC(=O)c1c(N)n(/N=C\c2ccccc2OC)c2nc3ccccc3nc12. The van der Waals surface area contributed by atoms with E-state index in [0.717, 1.165) is 12.0 Å². The average molecular weight is 416 g/mol. The van der Waals surface area contributed by atoms with Crippen LogP contribution in [0.3, 0.4) is 0 Å². The zero-order valence-electron chi connectivity index (χ0n) is 17.7. The van der Waals surface area contributed by atoms with Crippen LogP contribution in [0.2, 0.25) is 0 Å². The molecule has 4 aromatic rings. The first-order valence-electron chi connectivity index (χ1n) is 10.1. The van der Waals surface area contributed by atoms with Crippen LogP contribution in [0.5, 0.6) is 5.75 Å². The number of hydrogen-bond donors (Lipinski definition) is 2. The van der Waals surface area contributed by atoms with Gasteiger partial charge in [-0.15, -0.1) is 0 Å². The van der Waals surface area contributed by atoms with Gasteiger partial charge in [0.05, 0.1) is 24.4 Å². The predicted molar refractivity (Wildman–Crippen MR) is 123 cm³/mol. The van der Waals surface area contributed by atoms with Gasteiger partial charge in [0.15, 0.2) is 5.65 Å².